The van der Waals surface area contributed by atoms with Gasteiger partial charge >= 0.3 is 11.9 Å². The maximum Gasteiger partial charge on any atom is 0.342 e. The summed E-state index contributed by atoms with van der Waals surface area (Å²) >= 11 is 0. The molecule has 0 saturated heterocycles. The summed E-state index contributed by atoms with van der Waals surface area (Å²) in [4.78, 5) is 38.5. The number of esters is 2. The molecule has 1 aliphatic carbocycles. The molecule has 1 aliphatic rings. The van der Waals surface area contributed by atoms with Crippen LogP contribution >= 0.6 is 0 Å². The molecule has 3 rings (SSSR count). The lowest BCUT2D eigenvalue weighted by molar-refractivity contribution is -0.140. The molecular weight excluding hydrogens is 356 g/mol. The van der Waals surface area contributed by atoms with Gasteiger partial charge in [0, 0.05) is 11.1 Å². The molecule has 28 heavy (non-hydrogen) atoms. The van der Waals surface area contributed by atoms with Gasteiger partial charge in [0.1, 0.15) is 11.1 Å². The van der Waals surface area contributed by atoms with Crippen molar-refractivity contribution in [1.82, 2.24) is 0 Å². The molecule has 0 N–H and O–H groups in total. The molecule has 0 saturated carbocycles. The van der Waals surface area contributed by atoms with Gasteiger partial charge in [-0.05, 0) is 25.0 Å². The van der Waals surface area contributed by atoms with Gasteiger partial charge in [0.05, 0.1) is 13.2 Å². The monoisotopic (exact) mass is 376 g/mol. The molecule has 0 radical (unpaired) electrons. The Balaban J connectivity index is 2.33. The van der Waals surface area contributed by atoms with Gasteiger partial charge in [-0.15, -0.1) is 0 Å². The Hall–Kier alpha value is -3.47. The van der Waals surface area contributed by atoms with Crippen molar-refractivity contribution in [3.05, 3.63) is 82.9 Å². The van der Waals surface area contributed by atoms with E-state index in [2.05, 4.69) is 0 Å². The Labute approximate surface area is 163 Å². The van der Waals surface area contributed by atoms with E-state index in [0.717, 1.165) is 0 Å². The van der Waals surface area contributed by atoms with E-state index in [0.29, 0.717) is 22.3 Å². The Morgan fingerprint density at radius 1 is 0.679 bits per heavy atom. The molecule has 0 amide bonds. The van der Waals surface area contributed by atoms with Gasteiger partial charge < -0.3 is 9.47 Å². The smallest absolute Gasteiger partial charge is 0.342 e. The van der Waals surface area contributed by atoms with Crippen LogP contribution in [0.4, 0.5) is 0 Å². The summed E-state index contributed by atoms with van der Waals surface area (Å²) in [5, 5.41) is 0. The van der Waals surface area contributed by atoms with Gasteiger partial charge in [0.15, 0.2) is 0 Å². The van der Waals surface area contributed by atoms with E-state index >= 15 is 0 Å². The zero-order valence-electron chi connectivity index (χ0n) is 15.7. The molecule has 0 spiro atoms. The highest BCUT2D eigenvalue weighted by Gasteiger charge is 2.41. The van der Waals surface area contributed by atoms with Crippen LogP contribution in [0.2, 0.25) is 0 Å². The number of carbonyl (C=O) groups excluding carboxylic acids is 3. The summed E-state index contributed by atoms with van der Waals surface area (Å²) in [5.74, 6) is -2.17. The molecule has 0 atom stereocenters. The molecule has 142 valence electrons. The Morgan fingerprint density at radius 3 is 1.36 bits per heavy atom. The van der Waals surface area contributed by atoms with Crippen LogP contribution in [0.1, 0.15) is 25.0 Å². The number of benzene rings is 2. The van der Waals surface area contributed by atoms with Gasteiger partial charge in [-0.2, -0.15) is 0 Å². The molecule has 5 heteroatoms. The van der Waals surface area contributed by atoms with Gasteiger partial charge in [-0.1, -0.05) is 60.7 Å². The molecule has 0 heterocycles. The number of hydrogen-bond acceptors (Lipinski definition) is 5. The number of rotatable bonds is 6. The number of hydrogen-bond donors (Lipinski definition) is 0. The van der Waals surface area contributed by atoms with Gasteiger partial charge in [-0.3, -0.25) is 4.79 Å². The molecule has 2 aromatic rings. The highest BCUT2D eigenvalue weighted by Crippen LogP contribution is 2.43. The number of allylic oxidation sites excluding steroid dienone is 2. The second-order valence-electron chi connectivity index (χ2n) is 6.00. The SMILES string of the molecule is CCOC(=O)C1=C(c2ccccc2)C(c2ccccc2)=C(C(=O)OCC)C1=O. The average Bonchev–Trinajstić information content (AvgIpc) is 3.03. The van der Waals surface area contributed by atoms with Crippen molar-refractivity contribution in [2.45, 2.75) is 13.8 Å². The van der Waals surface area contributed by atoms with E-state index in [4.69, 9.17) is 9.47 Å². The Morgan fingerprint density at radius 2 is 1.04 bits per heavy atom. The molecule has 0 unspecified atom stereocenters. The Kier molecular flexibility index (Phi) is 5.84. The van der Waals surface area contributed by atoms with Crippen molar-refractivity contribution < 1.29 is 23.9 Å². The summed E-state index contributed by atoms with van der Waals surface area (Å²) < 4.78 is 10.2. The third kappa shape index (κ3) is 3.51. The first-order valence-electron chi connectivity index (χ1n) is 9.08. The minimum atomic E-state index is -0.751. The summed E-state index contributed by atoms with van der Waals surface area (Å²) in [6.45, 7) is 3.57. The first-order chi connectivity index (χ1) is 13.6. The second-order valence-corrected chi connectivity index (χ2v) is 6.00. The van der Waals surface area contributed by atoms with Crippen LogP contribution in [-0.2, 0) is 23.9 Å². The van der Waals surface area contributed by atoms with Crippen LogP contribution in [0.15, 0.2) is 71.8 Å². The quantitative estimate of drug-likeness (QED) is 0.569. The number of ether oxygens (including phenoxy) is 2. The zero-order chi connectivity index (χ0) is 20.1. The predicted octanol–water partition coefficient (Wildman–Crippen LogP) is 3.60. The first kappa shape index (κ1) is 19.3. The highest BCUT2D eigenvalue weighted by molar-refractivity contribution is 6.47. The van der Waals surface area contributed by atoms with Crippen molar-refractivity contribution in [3.8, 4) is 0 Å². The van der Waals surface area contributed by atoms with E-state index in [9.17, 15) is 14.4 Å². The minimum Gasteiger partial charge on any atom is -0.462 e. The summed E-state index contributed by atoms with van der Waals surface area (Å²) in [5.41, 5.74) is 1.79. The van der Waals surface area contributed by atoms with Crippen LogP contribution in [0.5, 0.6) is 0 Å². The van der Waals surface area contributed by atoms with Crippen molar-refractivity contribution in [2.75, 3.05) is 13.2 Å². The molecule has 0 bridgehead atoms. The Bertz CT molecular complexity index is 889. The van der Waals surface area contributed by atoms with Crippen LogP contribution in [0.25, 0.3) is 11.1 Å². The zero-order valence-corrected chi connectivity index (χ0v) is 15.7. The second kappa shape index (κ2) is 8.48. The maximum absolute atomic E-state index is 13.2. The maximum atomic E-state index is 13.2. The fraction of sp³-hybridized carbons (Fsp3) is 0.174. The topological polar surface area (TPSA) is 69.7 Å². The molecule has 0 aliphatic heterocycles. The van der Waals surface area contributed by atoms with E-state index in [1.54, 1.807) is 62.4 Å². The van der Waals surface area contributed by atoms with E-state index in [1.165, 1.54) is 0 Å². The van der Waals surface area contributed by atoms with Crippen molar-refractivity contribution >= 4 is 28.9 Å². The van der Waals surface area contributed by atoms with Crippen LogP contribution < -0.4 is 0 Å². The lowest BCUT2D eigenvalue weighted by Crippen LogP contribution is -2.20. The fourth-order valence-electron chi connectivity index (χ4n) is 3.19. The third-order valence-electron chi connectivity index (χ3n) is 4.29. The largest absolute Gasteiger partial charge is 0.462 e. The summed E-state index contributed by atoms with van der Waals surface area (Å²) in [6, 6.07) is 18.1. The number of ketones is 1. The predicted molar refractivity (Wildman–Crippen MR) is 105 cm³/mol. The van der Waals surface area contributed by atoms with Crippen molar-refractivity contribution in [1.29, 1.82) is 0 Å². The first-order valence-corrected chi connectivity index (χ1v) is 9.08. The van der Waals surface area contributed by atoms with Gasteiger partial charge in [0.2, 0.25) is 5.78 Å². The summed E-state index contributed by atoms with van der Waals surface area (Å²) in [6.07, 6.45) is 0. The third-order valence-corrected chi connectivity index (χ3v) is 4.29. The molecule has 5 nitrogen and oxygen atoms in total. The lowest BCUT2D eigenvalue weighted by Gasteiger charge is -2.12. The highest BCUT2D eigenvalue weighted by atomic mass is 16.5. The van der Waals surface area contributed by atoms with Gasteiger partial charge in [0.25, 0.3) is 0 Å². The average molecular weight is 376 g/mol. The van der Waals surface area contributed by atoms with E-state index < -0.39 is 17.7 Å². The van der Waals surface area contributed by atoms with Crippen LogP contribution in [0.3, 0.4) is 0 Å². The standard InChI is InChI=1S/C23H20O5/c1-3-27-22(25)19-17(15-11-7-5-8-12-15)18(16-13-9-6-10-14-16)20(21(19)24)23(26)28-4-2/h5-14H,3-4H2,1-2H3. The lowest BCUT2D eigenvalue weighted by atomic mass is 9.91. The number of carbonyl (C=O) groups is 3. The minimum absolute atomic E-state index is 0.118. The van der Waals surface area contributed by atoms with Crippen LogP contribution in [0, 0.1) is 0 Å². The van der Waals surface area contributed by atoms with Gasteiger partial charge in [-0.25, -0.2) is 9.59 Å². The molecular formula is C23H20O5. The van der Waals surface area contributed by atoms with Crippen molar-refractivity contribution in [3.63, 3.8) is 0 Å². The fourth-order valence-corrected chi connectivity index (χ4v) is 3.19. The van der Waals surface area contributed by atoms with E-state index in [1.807, 2.05) is 12.1 Å². The van der Waals surface area contributed by atoms with Crippen LogP contribution in [-0.4, -0.2) is 30.9 Å². The van der Waals surface area contributed by atoms with E-state index in [-0.39, 0.29) is 24.4 Å². The molecule has 2 aromatic carbocycles. The molecule has 0 aromatic heterocycles. The molecule has 0 fully saturated rings. The normalized spacial score (nSPS) is 13.7. The summed E-state index contributed by atoms with van der Waals surface area (Å²) in [7, 11) is 0. The number of Topliss-reactive ketones (excluding diaryl/α,β-unsaturated/α-hetero) is 1. The van der Waals surface area contributed by atoms with Crippen molar-refractivity contribution in [2.24, 2.45) is 0 Å².